The van der Waals surface area contributed by atoms with Gasteiger partial charge >= 0.3 is 0 Å². The summed E-state index contributed by atoms with van der Waals surface area (Å²) < 4.78 is 10.5. The molecule has 0 unspecified atom stereocenters. The van der Waals surface area contributed by atoms with Gasteiger partial charge in [0.1, 0.15) is 0 Å². The Bertz CT molecular complexity index is 924. The molecule has 0 spiro atoms. The number of ether oxygens (including phenoxy) is 2. The van der Waals surface area contributed by atoms with Crippen molar-refractivity contribution in [2.45, 2.75) is 6.92 Å². The molecule has 0 fully saturated rings. The standard InChI is InChI=1S/C18H18N4O6/c1-11(13-5-8-15(16(9-13)27-2)28-10-17(19)23)20-21-18(24)12-3-6-14(7-4-12)22(25)26/h3-9H,10H2,1-2H3,(H2,19,23)(H,21,24). The lowest BCUT2D eigenvalue weighted by atomic mass is 10.1. The third-order valence-electron chi connectivity index (χ3n) is 3.62. The summed E-state index contributed by atoms with van der Waals surface area (Å²) >= 11 is 0. The minimum absolute atomic E-state index is 0.109. The van der Waals surface area contributed by atoms with Crippen LogP contribution in [0.3, 0.4) is 0 Å². The Kier molecular flexibility index (Phi) is 6.63. The highest BCUT2D eigenvalue weighted by Crippen LogP contribution is 2.28. The van der Waals surface area contributed by atoms with Crippen LogP contribution in [-0.4, -0.2) is 36.2 Å². The molecule has 0 saturated carbocycles. The average Bonchev–Trinajstić information content (AvgIpc) is 2.69. The number of carbonyl (C=O) groups excluding carboxylic acids is 2. The Hall–Kier alpha value is -3.95. The Balaban J connectivity index is 2.10. The Labute approximate surface area is 160 Å². The fourth-order valence-electron chi connectivity index (χ4n) is 2.16. The molecule has 0 aliphatic heterocycles. The summed E-state index contributed by atoms with van der Waals surface area (Å²) in [6, 6.07) is 10.1. The number of methoxy groups -OCH3 is 1. The molecule has 10 heteroatoms. The molecule has 0 saturated heterocycles. The van der Waals surface area contributed by atoms with E-state index in [1.54, 1.807) is 25.1 Å². The zero-order valence-electron chi connectivity index (χ0n) is 15.2. The summed E-state index contributed by atoms with van der Waals surface area (Å²) in [5, 5.41) is 14.7. The van der Waals surface area contributed by atoms with E-state index in [2.05, 4.69) is 10.5 Å². The van der Waals surface area contributed by atoms with Crippen molar-refractivity contribution in [2.24, 2.45) is 10.8 Å². The maximum atomic E-state index is 12.1. The second-order valence-electron chi connectivity index (χ2n) is 5.56. The molecule has 146 valence electrons. The number of hydrazone groups is 1. The highest BCUT2D eigenvalue weighted by molar-refractivity contribution is 6.01. The van der Waals surface area contributed by atoms with Crippen LogP contribution < -0.4 is 20.6 Å². The number of carbonyl (C=O) groups is 2. The van der Waals surface area contributed by atoms with Gasteiger partial charge in [-0.2, -0.15) is 5.10 Å². The smallest absolute Gasteiger partial charge is 0.271 e. The van der Waals surface area contributed by atoms with Crippen molar-refractivity contribution in [2.75, 3.05) is 13.7 Å². The van der Waals surface area contributed by atoms with Crippen LogP contribution >= 0.6 is 0 Å². The van der Waals surface area contributed by atoms with Gasteiger partial charge in [-0.3, -0.25) is 19.7 Å². The van der Waals surface area contributed by atoms with Crippen molar-refractivity contribution >= 4 is 23.2 Å². The number of nitro benzene ring substituents is 1. The first-order valence-electron chi connectivity index (χ1n) is 8.00. The summed E-state index contributed by atoms with van der Waals surface area (Å²) in [6.45, 7) is 1.39. The van der Waals surface area contributed by atoms with Gasteiger partial charge in [0.2, 0.25) is 0 Å². The van der Waals surface area contributed by atoms with Crippen molar-refractivity contribution in [1.82, 2.24) is 5.43 Å². The fourth-order valence-corrected chi connectivity index (χ4v) is 2.16. The number of nitro groups is 1. The van der Waals surface area contributed by atoms with Crippen LogP contribution in [0.1, 0.15) is 22.8 Å². The molecule has 0 atom stereocenters. The third-order valence-corrected chi connectivity index (χ3v) is 3.62. The number of hydrogen-bond donors (Lipinski definition) is 2. The van der Waals surface area contributed by atoms with Gasteiger partial charge < -0.3 is 15.2 Å². The second kappa shape index (κ2) is 9.12. The van der Waals surface area contributed by atoms with Crippen molar-refractivity contribution in [3.8, 4) is 11.5 Å². The normalized spacial score (nSPS) is 10.9. The maximum Gasteiger partial charge on any atom is 0.271 e. The monoisotopic (exact) mass is 386 g/mol. The van der Waals surface area contributed by atoms with Crippen LogP contribution in [0.2, 0.25) is 0 Å². The zero-order valence-corrected chi connectivity index (χ0v) is 15.2. The van der Waals surface area contributed by atoms with Gasteiger partial charge in [-0.15, -0.1) is 0 Å². The largest absolute Gasteiger partial charge is 0.493 e. The molecule has 0 radical (unpaired) electrons. The number of nitrogens with one attached hydrogen (secondary N) is 1. The van der Waals surface area contributed by atoms with E-state index in [1.165, 1.54) is 31.4 Å². The SMILES string of the molecule is COc1cc(C(C)=NNC(=O)c2ccc([N+](=O)[O-])cc2)ccc1OCC(N)=O. The number of non-ortho nitro benzene ring substituents is 1. The van der Waals surface area contributed by atoms with Crippen LogP contribution in [0.4, 0.5) is 5.69 Å². The molecule has 0 heterocycles. The maximum absolute atomic E-state index is 12.1. The highest BCUT2D eigenvalue weighted by Gasteiger charge is 2.11. The van der Waals surface area contributed by atoms with E-state index in [0.717, 1.165) is 0 Å². The molecular weight excluding hydrogens is 368 g/mol. The quantitative estimate of drug-likeness (QED) is 0.400. The molecule has 2 aromatic rings. The molecular formula is C18H18N4O6. The predicted octanol–water partition coefficient (Wildman–Crippen LogP) is 1.62. The highest BCUT2D eigenvalue weighted by atomic mass is 16.6. The summed E-state index contributed by atoms with van der Waals surface area (Å²) in [7, 11) is 1.44. The summed E-state index contributed by atoms with van der Waals surface area (Å²) in [6.07, 6.45) is 0. The van der Waals surface area contributed by atoms with E-state index >= 15 is 0 Å². The molecule has 0 aliphatic carbocycles. The van der Waals surface area contributed by atoms with E-state index in [-0.39, 0.29) is 17.9 Å². The van der Waals surface area contributed by atoms with E-state index < -0.39 is 16.7 Å². The van der Waals surface area contributed by atoms with Crippen molar-refractivity contribution in [1.29, 1.82) is 0 Å². The number of rotatable bonds is 8. The van der Waals surface area contributed by atoms with Gasteiger partial charge in [-0.25, -0.2) is 5.43 Å². The molecule has 2 rings (SSSR count). The minimum Gasteiger partial charge on any atom is -0.493 e. The van der Waals surface area contributed by atoms with Crippen LogP contribution in [-0.2, 0) is 4.79 Å². The van der Waals surface area contributed by atoms with E-state index in [1.807, 2.05) is 0 Å². The third kappa shape index (κ3) is 5.27. The lowest BCUT2D eigenvalue weighted by Crippen LogP contribution is -2.20. The molecule has 3 N–H and O–H groups in total. The molecule has 0 aliphatic rings. The van der Waals surface area contributed by atoms with E-state index in [4.69, 9.17) is 15.2 Å². The summed E-state index contributed by atoms with van der Waals surface area (Å²) in [5.41, 5.74) is 8.68. The number of benzene rings is 2. The Morgan fingerprint density at radius 2 is 1.79 bits per heavy atom. The van der Waals surface area contributed by atoms with E-state index in [9.17, 15) is 19.7 Å². The Morgan fingerprint density at radius 3 is 2.36 bits per heavy atom. The first-order chi connectivity index (χ1) is 13.3. The summed E-state index contributed by atoms with van der Waals surface area (Å²) in [4.78, 5) is 33.0. The van der Waals surface area contributed by atoms with Gasteiger partial charge in [0.15, 0.2) is 18.1 Å². The average molecular weight is 386 g/mol. The lowest BCUT2D eigenvalue weighted by Gasteiger charge is -2.11. The number of amides is 2. The minimum atomic E-state index is -0.613. The van der Waals surface area contributed by atoms with Crippen LogP contribution in [0.25, 0.3) is 0 Å². The molecule has 10 nitrogen and oxygen atoms in total. The van der Waals surface area contributed by atoms with Crippen molar-refractivity contribution < 1.29 is 24.0 Å². The Morgan fingerprint density at radius 1 is 1.14 bits per heavy atom. The van der Waals surface area contributed by atoms with Crippen LogP contribution in [0, 0.1) is 10.1 Å². The molecule has 0 aromatic heterocycles. The lowest BCUT2D eigenvalue weighted by molar-refractivity contribution is -0.384. The number of nitrogens with zero attached hydrogens (tertiary/aromatic N) is 2. The first kappa shape index (κ1) is 20.4. The number of primary amides is 1. The topological polar surface area (TPSA) is 146 Å². The molecule has 2 amide bonds. The fraction of sp³-hybridized carbons (Fsp3) is 0.167. The molecule has 2 aromatic carbocycles. The molecule has 28 heavy (non-hydrogen) atoms. The van der Waals surface area contributed by atoms with Gasteiger partial charge in [0.05, 0.1) is 17.7 Å². The van der Waals surface area contributed by atoms with Gasteiger partial charge in [0, 0.05) is 23.3 Å². The predicted molar refractivity (Wildman–Crippen MR) is 100 cm³/mol. The zero-order chi connectivity index (χ0) is 20.7. The van der Waals surface area contributed by atoms with Crippen LogP contribution in [0.5, 0.6) is 11.5 Å². The van der Waals surface area contributed by atoms with Crippen LogP contribution in [0.15, 0.2) is 47.6 Å². The van der Waals surface area contributed by atoms with Gasteiger partial charge in [-0.1, -0.05) is 0 Å². The molecule has 0 bridgehead atoms. The van der Waals surface area contributed by atoms with Crippen molar-refractivity contribution in [3.63, 3.8) is 0 Å². The number of nitrogens with two attached hydrogens (primary N) is 1. The number of hydrogen-bond acceptors (Lipinski definition) is 7. The van der Waals surface area contributed by atoms with Gasteiger partial charge in [-0.05, 0) is 37.3 Å². The summed E-state index contributed by atoms with van der Waals surface area (Å²) in [5.74, 6) is -0.414. The van der Waals surface area contributed by atoms with Gasteiger partial charge in [0.25, 0.3) is 17.5 Å². The van der Waals surface area contributed by atoms with Crippen molar-refractivity contribution in [3.05, 3.63) is 63.7 Å². The first-order valence-corrected chi connectivity index (χ1v) is 8.00. The second-order valence-corrected chi connectivity index (χ2v) is 5.56. The van der Waals surface area contributed by atoms with E-state index in [0.29, 0.717) is 22.8 Å².